The van der Waals surface area contributed by atoms with E-state index in [1.807, 2.05) is 19.0 Å². The summed E-state index contributed by atoms with van der Waals surface area (Å²) in [5.74, 6) is -0.856. The Hall–Kier alpha value is -1.10. The lowest BCUT2D eigenvalue weighted by Crippen LogP contribution is -2.43. The van der Waals surface area contributed by atoms with Crippen LogP contribution >= 0.6 is 0 Å². The van der Waals surface area contributed by atoms with E-state index in [0.29, 0.717) is 6.54 Å². The second kappa shape index (κ2) is 5.70. The topological polar surface area (TPSA) is 52.7 Å². The summed E-state index contributed by atoms with van der Waals surface area (Å²) in [7, 11) is 3.85. The zero-order chi connectivity index (χ0) is 11.3. The van der Waals surface area contributed by atoms with Gasteiger partial charge in [-0.15, -0.1) is 0 Å². The van der Waals surface area contributed by atoms with Crippen molar-refractivity contribution in [2.45, 2.75) is 12.8 Å². The number of hydrogen-bond donors (Lipinski definition) is 1. The van der Waals surface area contributed by atoms with Gasteiger partial charge in [0, 0.05) is 26.2 Å². The van der Waals surface area contributed by atoms with E-state index in [9.17, 15) is 9.59 Å². The molecule has 5 heteroatoms. The number of amides is 2. The van der Waals surface area contributed by atoms with Crippen LogP contribution in [-0.2, 0) is 9.59 Å². The van der Waals surface area contributed by atoms with Crippen molar-refractivity contribution in [2.24, 2.45) is 0 Å². The molecule has 0 aromatic rings. The van der Waals surface area contributed by atoms with E-state index in [0.717, 1.165) is 32.5 Å². The van der Waals surface area contributed by atoms with Crippen LogP contribution in [0.5, 0.6) is 0 Å². The Morgan fingerprint density at radius 2 is 1.87 bits per heavy atom. The molecule has 0 radical (unpaired) electrons. The largest absolute Gasteiger partial charge is 0.347 e. The maximum atomic E-state index is 11.5. The third-order valence-electron chi connectivity index (χ3n) is 2.43. The first-order valence-electron chi connectivity index (χ1n) is 5.33. The van der Waals surface area contributed by atoms with Gasteiger partial charge in [0.05, 0.1) is 0 Å². The van der Waals surface area contributed by atoms with Crippen LogP contribution in [0.2, 0.25) is 0 Å². The Morgan fingerprint density at radius 1 is 1.27 bits per heavy atom. The number of likely N-dealkylation sites (tertiary alicyclic amines) is 1. The molecule has 1 fully saturated rings. The van der Waals surface area contributed by atoms with Crippen molar-refractivity contribution in [1.29, 1.82) is 0 Å². The van der Waals surface area contributed by atoms with Crippen LogP contribution in [0.3, 0.4) is 0 Å². The standard InChI is InChI=1S/C10H19N3O2/c1-12(2)8-5-11-9(14)10(15)13-6-3-4-7-13/h3-8H2,1-2H3,(H,11,14). The summed E-state index contributed by atoms with van der Waals surface area (Å²) in [4.78, 5) is 26.5. The molecule has 1 heterocycles. The first-order chi connectivity index (χ1) is 7.11. The van der Waals surface area contributed by atoms with Gasteiger partial charge in [0.2, 0.25) is 0 Å². The second-order valence-electron chi connectivity index (χ2n) is 4.06. The normalized spacial score (nSPS) is 15.8. The molecule has 15 heavy (non-hydrogen) atoms. The fourth-order valence-electron chi connectivity index (χ4n) is 1.53. The van der Waals surface area contributed by atoms with Crippen molar-refractivity contribution in [3.8, 4) is 0 Å². The van der Waals surface area contributed by atoms with Gasteiger partial charge < -0.3 is 15.1 Å². The van der Waals surface area contributed by atoms with Gasteiger partial charge in [-0.2, -0.15) is 0 Å². The maximum absolute atomic E-state index is 11.5. The van der Waals surface area contributed by atoms with E-state index in [1.165, 1.54) is 0 Å². The minimum absolute atomic E-state index is 0.383. The van der Waals surface area contributed by atoms with E-state index in [2.05, 4.69) is 5.32 Å². The average molecular weight is 213 g/mol. The van der Waals surface area contributed by atoms with Crippen molar-refractivity contribution in [3.63, 3.8) is 0 Å². The summed E-state index contributed by atoms with van der Waals surface area (Å²) in [6.45, 7) is 2.71. The molecule has 2 amide bonds. The van der Waals surface area contributed by atoms with Gasteiger partial charge in [-0.25, -0.2) is 0 Å². The number of carbonyl (C=O) groups is 2. The molecular weight excluding hydrogens is 194 g/mol. The molecule has 0 aliphatic carbocycles. The third-order valence-corrected chi connectivity index (χ3v) is 2.43. The smallest absolute Gasteiger partial charge is 0.311 e. The molecule has 5 nitrogen and oxygen atoms in total. The van der Waals surface area contributed by atoms with Crippen LogP contribution in [0, 0.1) is 0 Å². The fourth-order valence-corrected chi connectivity index (χ4v) is 1.53. The summed E-state index contributed by atoms with van der Waals surface area (Å²) < 4.78 is 0. The van der Waals surface area contributed by atoms with Crippen molar-refractivity contribution in [2.75, 3.05) is 40.3 Å². The predicted molar refractivity (Wildman–Crippen MR) is 57.4 cm³/mol. The third kappa shape index (κ3) is 3.87. The Bertz CT molecular complexity index is 235. The Morgan fingerprint density at radius 3 is 2.40 bits per heavy atom. The molecule has 0 spiro atoms. The van der Waals surface area contributed by atoms with Crippen molar-refractivity contribution >= 4 is 11.8 Å². The molecular formula is C10H19N3O2. The number of nitrogens with zero attached hydrogens (tertiary/aromatic N) is 2. The number of carbonyl (C=O) groups excluding carboxylic acids is 2. The summed E-state index contributed by atoms with van der Waals surface area (Å²) in [5.41, 5.74) is 0. The zero-order valence-corrected chi connectivity index (χ0v) is 9.45. The number of likely N-dealkylation sites (N-methyl/N-ethyl adjacent to an activating group) is 1. The molecule has 1 aliphatic heterocycles. The van der Waals surface area contributed by atoms with Gasteiger partial charge in [-0.1, -0.05) is 0 Å². The van der Waals surface area contributed by atoms with Crippen LogP contribution < -0.4 is 5.32 Å². The fraction of sp³-hybridized carbons (Fsp3) is 0.800. The highest BCUT2D eigenvalue weighted by atomic mass is 16.2. The summed E-state index contributed by atoms with van der Waals surface area (Å²) in [5, 5.41) is 2.62. The monoisotopic (exact) mass is 213 g/mol. The molecule has 1 rings (SSSR count). The highest BCUT2D eigenvalue weighted by Crippen LogP contribution is 2.06. The molecule has 1 N–H and O–H groups in total. The Kier molecular flexibility index (Phi) is 4.55. The molecule has 1 aliphatic rings. The van der Waals surface area contributed by atoms with Gasteiger partial charge in [0.15, 0.2) is 0 Å². The lowest BCUT2D eigenvalue weighted by molar-refractivity contribution is -0.145. The number of rotatable bonds is 3. The summed E-state index contributed by atoms with van der Waals surface area (Å²) >= 11 is 0. The van der Waals surface area contributed by atoms with Gasteiger partial charge in [0.1, 0.15) is 0 Å². The van der Waals surface area contributed by atoms with Gasteiger partial charge in [-0.3, -0.25) is 9.59 Å². The zero-order valence-electron chi connectivity index (χ0n) is 9.45. The molecule has 86 valence electrons. The molecule has 1 saturated heterocycles. The Labute approximate surface area is 90.4 Å². The molecule has 0 atom stereocenters. The number of nitrogens with one attached hydrogen (secondary N) is 1. The van der Waals surface area contributed by atoms with Crippen molar-refractivity contribution in [1.82, 2.24) is 15.1 Å². The van der Waals surface area contributed by atoms with E-state index < -0.39 is 5.91 Å². The highest BCUT2D eigenvalue weighted by molar-refractivity contribution is 6.35. The second-order valence-corrected chi connectivity index (χ2v) is 4.06. The average Bonchev–Trinajstić information content (AvgIpc) is 2.68. The lowest BCUT2D eigenvalue weighted by Gasteiger charge is -2.15. The van der Waals surface area contributed by atoms with Crippen LogP contribution in [-0.4, -0.2) is 61.9 Å². The SMILES string of the molecule is CN(C)CCNC(=O)C(=O)N1CCCC1. The molecule has 0 aromatic carbocycles. The maximum Gasteiger partial charge on any atom is 0.311 e. The van der Waals surface area contributed by atoms with Crippen LogP contribution in [0.4, 0.5) is 0 Å². The van der Waals surface area contributed by atoms with E-state index >= 15 is 0 Å². The van der Waals surface area contributed by atoms with Gasteiger partial charge in [-0.05, 0) is 26.9 Å². The molecule has 0 unspecified atom stereocenters. The van der Waals surface area contributed by atoms with E-state index in [4.69, 9.17) is 0 Å². The lowest BCUT2D eigenvalue weighted by atomic mass is 10.4. The summed E-state index contributed by atoms with van der Waals surface area (Å²) in [6.07, 6.45) is 2.02. The number of hydrogen-bond acceptors (Lipinski definition) is 3. The van der Waals surface area contributed by atoms with Crippen LogP contribution in [0.1, 0.15) is 12.8 Å². The minimum atomic E-state index is -0.473. The van der Waals surface area contributed by atoms with E-state index in [-0.39, 0.29) is 5.91 Å². The van der Waals surface area contributed by atoms with Gasteiger partial charge in [0.25, 0.3) is 0 Å². The van der Waals surface area contributed by atoms with Gasteiger partial charge >= 0.3 is 11.8 Å². The van der Waals surface area contributed by atoms with Crippen molar-refractivity contribution < 1.29 is 9.59 Å². The van der Waals surface area contributed by atoms with E-state index in [1.54, 1.807) is 4.90 Å². The van der Waals surface area contributed by atoms with Crippen LogP contribution in [0.25, 0.3) is 0 Å². The van der Waals surface area contributed by atoms with Crippen LogP contribution in [0.15, 0.2) is 0 Å². The Balaban J connectivity index is 2.23. The molecule has 0 bridgehead atoms. The van der Waals surface area contributed by atoms with Crippen molar-refractivity contribution in [3.05, 3.63) is 0 Å². The minimum Gasteiger partial charge on any atom is -0.347 e. The molecule has 0 saturated carbocycles. The quantitative estimate of drug-likeness (QED) is 0.630. The highest BCUT2D eigenvalue weighted by Gasteiger charge is 2.23. The predicted octanol–water partition coefficient (Wildman–Crippen LogP) is -0.713. The first-order valence-corrected chi connectivity index (χ1v) is 5.33. The molecule has 0 aromatic heterocycles. The first kappa shape index (κ1) is 12.0. The summed E-state index contributed by atoms with van der Waals surface area (Å²) in [6, 6.07) is 0.